The number of carbonyl (C=O) groups is 1. The molecule has 0 spiro atoms. The standard InChI is InChI=1S/C22H31N5O2/c1-3-23-22(24-11-12-25(2)18-19-8-5-4-6-9-19)27-15-13-26(14-16-27)21(28)20-10-7-17-29-20/h4-10,17H,3,11-16,18H2,1-2H3,(H,23,24). The molecule has 1 fully saturated rings. The van der Waals surface area contributed by atoms with Crippen LogP contribution in [0.4, 0.5) is 0 Å². The van der Waals surface area contributed by atoms with Crippen LogP contribution in [0.1, 0.15) is 23.0 Å². The third-order valence-corrected chi connectivity index (χ3v) is 4.97. The topological polar surface area (TPSA) is 64.3 Å². The van der Waals surface area contributed by atoms with Crippen molar-refractivity contribution in [1.29, 1.82) is 0 Å². The fourth-order valence-corrected chi connectivity index (χ4v) is 3.40. The number of likely N-dealkylation sites (N-methyl/N-ethyl adjacent to an activating group) is 1. The van der Waals surface area contributed by atoms with Crippen LogP contribution in [0.25, 0.3) is 0 Å². The Morgan fingerprint density at radius 3 is 2.48 bits per heavy atom. The second-order valence-corrected chi connectivity index (χ2v) is 7.22. The van der Waals surface area contributed by atoms with Crippen LogP contribution >= 0.6 is 0 Å². The first-order chi connectivity index (χ1) is 14.2. The van der Waals surface area contributed by atoms with E-state index in [2.05, 4.69) is 53.4 Å². The summed E-state index contributed by atoms with van der Waals surface area (Å²) in [6, 6.07) is 13.9. The Labute approximate surface area is 173 Å². The van der Waals surface area contributed by atoms with Crippen LogP contribution in [-0.4, -0.2) is 79.4 Å². The maximum atomic E-state index is 12.4. The number of piperazine rings is 1. The first-order valence-electron chi connectivity index (χ1n) is 10.3. The van der Waals surface area contributed by atoms with Crippen LogP contribution in [0.3, 0.4) is 0 Å². The van der Waals surface area contributed by atoms with Crippen molar-refractivity contribution in [3.63, 3.8) is 0 Å². The first kappa shape index (κ1) is 20.9. The normalized spacial score (nSPS) is 15.1. The van der Waals surface area contributed by atoms with Crippen LogP contribution in [0, 0.1) is 0 Å². The molecule has 0 unspecified atom stereocenters. The molecule has 1 aromatic carbocycles. The highest BCUT2D eigenvalue weighted by molar-refractivity contribution is 5.91. The largest absolute Gasteiger partial charge is 0.459 e. The summed E-state index contributed by atoms with van der Waals surface area (Å²) in [6.07, 6.45) is 1.54. The van der Waals surface area contributed by atoms with Gasteiger partial charge in [0.25, 0.3) is 5.91 Å². The Morgan fingerprint density at radius 1 is 1.10 bits per heavy atom. The van der Waals surface area contributed by atoms with Gasteiger partial charge in [-0.15, -0.1) is 0 Å². The number of amides is 1. The molecule has 0 bridgehead atoms. The quantitative estimate of drug-likeness (QED) is 0.573. The molecule has 1 saturated heterocycles. The summed E-state index contributed by atoms with van der Waals surface area (Å²) in [6.45, 7) is 8.29. The second kappa shape index (κ2) is 10.7. The zero-order valence-corrected chi connectivity index (χ0v) is 17.4. The highest BCUT2D eigenvalue weighted by Gasteiger charge is 2.25. The molecular formula is C22H31N5O2. The van der Waals surface area contributed by atoms with Crippen molar-refractivity contribution in [2.24, 2.45) is 4.99 Å². The number of hydrogen-bond acceptors (Lipinski definition) is 4. The van der Waals surface area contributed by atoms with E-state index in [9.17, 15) is 4.79 Å². The van der Waals surface area contributed by atoms with E-state index in [4.69, 9.17) is 9.41 Å². The van der Waals surface area contributed by atoms with Gasteiger partial charge in [0.05, 0.1) is 12.8 Å². The molecule has 3 rings (SSSR count). The molecule has 1 N–H and O–H groups in total. The molecule has 1 aromatic heterocycles. The van der Waals surface area contributed by atoms with Crippen LogP contribution in [0.5, 0.6) is 0 Å². The summed E-state index contributed by atoms with van der Waals surface area (Å²) in [7, 11) is 2.12. The van der Waals surface area contributed by atoms with Crippen LogP contribution in [-0.2, 0) is 6.54 Å². The van der Waals surface area contributed by atoms with Gasteiger partial charge in [0.1, 0.15) is 0 Å². The van der Waals surface area contributed by atoms with Gasteiger partial charge in [-0.05, 0) is 31.7 Å². The minimum absolute atomic E-state index is 0.0425. The lowest BCUT2D eigenvalue weighted by Gasteiger charge is -2.36. The average Bonchev–Trinajstić information content (AvgIpc) is 3.28. The zero-order chi connectivity index (χ0) is 20.5. The van der Waals surface area contributed by atoms with Gasteiger partial charge >= 0.3 is 0 Å². The van der Waals surface area contributed by atoms with E-state index in [0.717, 1.165) is 45.2 Å². The fraction of sp³-hybridized carbons (Fsp3) is 0.455. The van der Waals surface area contributed by atoms with E-state index < -0.39 is 0 Å². The van der Waals surface area contributed by atoms with E-state index in [1.165, 1.54) is 11.8 Å². The minimum atomic E-state index is -0.0425. The van der Waals surface area contributed by atoms with Crippen molar-refractivity contribution in [3.8, 4) is 0 Å². The smallest absolute Gasteiger partial charge is 0.289 e. The molecule has 0 radical (unpaired) electrons. The molecule has 156 valence electrons. The molecule has 1 aliphatic rings. The van der Waals surface area contributed by atoms with Gasteiger partial charge in [0.15, 0.2) is 11.7 Å². The molecule has 29 heavy (non-hydrogen) atoms. The Kier molecular flexibility index (Phi) is 7.69. The number of aliphatic imine (C=N–C) groups is 1. The van der Waals surface area contributed by atoms with Crippen molar-refractivity contribution >= 4 is 11.9 Å². The van der Waals surface area contributed by atoms with Crippen molar-refractivity contribution in [3.05, 3.63) is 60.1 Å². The third kappa shape index (κ3) is 6.09. The van der Waals surface area contributed by atoms with Crippen LogP contribution < -0.4 is 5.32 Å². The Morgan fingerprint density at radius 2 is 1.83 bits per heavy atom. The van der Waals surface area contributed by atoms with Crippen LogP contribution in [0.15, 0.2) is 58.1 Å². The Hall–Kier alpha value is -2.80. The van der Waals surface area contributed by atoms with E-state index >= 15 is 0 Å². The molecule has 2 aromatic rings. The second-order valence-electron chi connectivity index (χ2n) is 7.22. The Bertz CT molecular complexity index is 768. The monoisotopic (exact) mass is 397 g/mol. The van der Waals surface area contributed by atoms with Crippen LogP contribution in [0.2, 0.25) is 0 Å². The number of guanidine groups is 1. The summed E-state index contributed by atoms with van der Waals surface area (Å²) < 4.78 is 5.23. The molecule has 1 aliphatic heterocycles. The number of furan rings is 1. The van der Waals surface area contributed by atoms with E-state index in [1.807, 2.05) is 11.0 Å². The van der Waals surface area contributed by atoms with Gasteiger partial charge < -0.3 is 24.4 Å². The third-order valence-electron chi connectivity index (χ3n) is 4.97. The van der Waals surface area contributed by atoms with Gasteiger partial charge in [-0.2, -0.15) is 0 Å². The lowest BCUT2D eigenvalue weighted by Crippen LogP contribution is -2.53. The molecule has 7 nitrogen and oxygen atoms in total. The maximum Gasteiger partial charge on any atom is 0.289 e. The molecular weight excluding hydrogens is 366 g/mol. The summed E-state index contributed by atoms with van der Waals surface area (Å²) in [5.41, 5.74) is 1.31. The number of benzene rings is 1. The highest BCUT2D eigenvalue weighted by Crippen LogP contribution is 2.10. The summed E-state index contributed by atoms with van der Waals surface area (Å²) in [4.78, 5) is 23.6. The van der Waals surface area contributed by atoms with Crippen molar-refractivity contribution < 1.29 is 9.21 Å². The van der Waals surface area contributed by atoms with Gasteiger partial charge in [-0.1, -0.05) is 30.3 Å². The fourth-order valence-electron chi connectivity index (χ4n) is 3.40. The molecule has 0 aliphatic carbocycles. The SMILES string of the molecule is CCNC(=NCCN(C)Cc1ccccc1)N1CCN(C(=O)c2ccco2)CC1. The maximum absolute atomic E-state index is 12.4. The number of nitrogens with one attached hydrogen (secondary N) is 1. The minimum Gasteiger partial charge on any atom is -0.459 e. The van der Waals surface area contributed by atoms with Gasteiger partial charge in [-0.3, -0.25) is 9.79 Å². The number of hydrogen-bond donors (Lipinski definition) is 1. The van der Waals surface area contributed by atoms with E-state index in [1.54, 1.807) is 12.1 Å². The number of nitrogens with zero attached hydrogens (tertiary/aromatic N) is 4. The molecule has 7 heteroatoms. The summed E-state index contributed by atoms with van der Waals surface area (Å²) in [5, 5.41) is 3.38. The number of rotatable bonds is 7. The van der Waals surface area contributed by atoms with E-state index in [-0.39, 0.29) is 5.91 Å². The lowest BCUT2D eigenvalue weighted by molar-refractivity contribution is 0.0657. The van der Waals surface area contributed by atoms with E-state index in [0.29, 0.717) is 18.8 Å². The lowest BCUT2D eigenvalue weighted by atomic mass is 10.2. The zero-order valence-electron chi connectivity index (χ0n) is 17.4. The molecule has 1 amide bonds. The number of carbonyl (C=O) groups excluding carboxylic acids is 1. The van der Waals surface area contributed by atoms with Gasteiger partial charge in [-0.25, -0.2) is 0 Å². The predicted octanol–water partition coefficient (Wildman–Crippen LogP) is 2.13. The summed E-state index contributed by atoms with van der Waals surface area (Å²) in [5.74, 6) is 1.28. The first-order valence-corrected chi connectivity index (χ1v) is 10.3. The molecule has 2 heterocycles. The van der Waals surface area contributed by atoms with Crippen molar-refractivity contribution in [2.45, 2.75) is 13.5 Å². The van der Waals surface area contributed by atoms with Gasteiger partial charge in [0, 0.05) is 45.8 Å². The average molecular weight is 398 g/mol. The van der Waals surface area contributed by atoms with Crippen molar-refractivity contribution in [1.82, 2.24) is 20.0 Å². The van der Waals surface area contributed by atoms with Crippen molar-refractivity contribution in [2.75, 3.05) is 52.9 Å². The van der Waals surface area contributed by atoms with Gasteiger partial charge in [0.2, 0.25) is 0 Å². The Balaban J connectivity index is 1.48. The summed E-state index contributed by atoms with van der Waals surface area (Å²) >= 11 is 0. The molecule has 0 saturated carbocycles. The predicted molar refractivity (Wildman–Crippen MR) is 115 cm³/mol. The highest BCUT2D eigenvalue weighted by atomic mass is 16.3. The molecule has 0 atom stereocenters.